The number of para-hydroxylation sites is 1. The van der Waals surface area contributed by atoms with Crippen LogP contribution >= 0.6 is 0 Å². The molecule has 7 aromatic carbocycles. The largest absolute Gasteiger partial charge is 0.522 e. The van der Waals surface area contributed by atoms with Crippen molar-refractivity contribution in [3.8, 4) is 78.5 Å². The van der Waals surface area contributed by atoms with Gasteiger partial charge in [0.2, 0.25) is 11.4 Å². The Morgan fingerprint density at radius 2 is 0.748 bits per heavy atom. The van der Waals surface area contributed by atoms with Gasteiger partial charge >= 0.3 is 15.6 Å². The van der Waals surface area contributed by atoms with Gasteiger partial charge in [-0.2, -0.15) is 21.6 Å². The van der Waals surface area contributed by atoms with Gasteiger partial charge < -0.3 is 39.0 Å². The maximum absolute atomic E-state index is 13.2. The smallest absolute Gasteiger partial charge is 0.486 e. The predicted molar refractivity (Wildman–Crippen MR) is 459 cm³/mol. The summed E-state index contributed by atoms with van der Waals surface area (Å²) >= 11 is 0. The van der Waals surface area contributed by atoms with Gasteiger partial charge in [0.05, 0.1) is 11.3 Å². The standard InChI is InChI=1S/C23H15FN2O.C23H14FN2O.3C16H18N.CHF3O3S.2CH4O.2Ir/c2*1-14-5-10-19-18-3-2-4-20(22(18)27-23(19)26-14)21-13-16(11-12-25-21)15-6-8-17(24)9-7-15;3*1-11(2)14-5-7-15(8-6-14)16-9-12(3)13(4)10-17-16;2-1(3,4)8(5,6)7;2*1-2;;/h2-13H,1H3;2-3,5-13H,1H3;3*5-7,9-11H,1-4H3;(H,5,6,7);2*2H,1H3;;/q;4*-1;;;;;. The molecule has 0 saturated carbocycles. The topological polar surface area (TPSA) is 211 Å². The number of hydrogen-bond acceptors (Lipinski definition) is 13. The summed E-state index contributed by atoms with van der Waals surface area (Å²) in [7, 11) is -3.84. The minimum atomic E-state index is -5.84. The van der Waals surface area contributed by atoms with Crippen molar-refractivity contribution < 1.29 is 94.2 Å². The SMILES string of the molecule is CO.CO.Cc1ccc2c(n1)oc1c(-c3cc(-c4ccc(F)cc4)ccn3)[c-]ccc12.Cc1ccc2c(n1)oc1c(-c3cc(-c4ccc(F)cc4)ccn3)cccc12.Cc1cnc(-c2[c-]cc(C(C)C)cc2)cc1C.Cc1cnc(-c2[c-]cc(C(C)C)cc2)cc1C.Cc1cnc(-c2[c-]cc(C(C)C)cc2)cc1C.O=S(=O)(O)C(F)(F)F.[Ir].[Ir]. The molecule has 0 amide bonds. The third kappa shape index (κ3) is 25.0. The van der Waals surface area contributed by atoms with Gasteiger partial charge in [0.25, 0.3) is 0 Å². The Bertz CT molecular complexity index is 5690. The molecule has 0 saturated heterocycles. The fourth-order valence-corrected chi connectivity index (χ4v) is 11.8. The summed E-state index contributed by atoms with van der Waals surface area (Å²) in [6.07, 6.45) is 9.28. The van der Waals surface area contributed by atoms with Gasteiger partial charge in [-0.1, -0.05) is 148 Å². The Hall–Kier alpha value is -11.0. The number of pyridine rings is 7. The first-order valence-corrected chi connectivity index (χ1v) is 39.0. The van der Waals surface area contributed by atoms with E-state index in [9.17, 15) is 22.0 Å². The number of halogens is 5. The summed E-state index contributed by atoms with van der Waals surface area (Å²) in [6, 6.07) is 77.1. The van der Waals surface area contributed by atoms with Crippen molar-refractivity contribution in [2.75, 3.05) is 14.2 Å². The Labute approximate surface area is 719 Å². The van der Waals surface area contributed by atoms with Gasteiger partial charge in [0.1, 0.15) is 17.2 Å². The Kier molecular flexibility index (Phi) is 34.9. The predicted octanol–water partition coefficient (Wildman–Crippen LogP) is 24.6. The van der Waals surface area contributed by atoms with Crippen molar-refractivity contribution >= 4 is 54.3 Å². The molecule has 3 N–H and O–H groups in total. The second-order valence-electron chi connectivity index (χ2n) is 28.4. The fraction of sp³-hybridized carbons (Fsp3) is 0.206. The van der Waals surface area contributed by atoms with Crippen LogP contribution in [0, 0.1) is 91.3 Å². The number of fused-ring (bicyclic) bond motifs is 6. The van der Waals surface area contributed by atoms with Crippen molar-refractivity contribution in [2.45, 2.75) is 120 Å². The molecule has 0 atom stereocenters. The van der Waals surface area contributed by atoms with Gasteiger partial charge in [-0.3, -0.25) is 9.54 Å². The monoisotopic (exact) mass is 1980 g/mol. The van der Waals surface area contributed by atoms with Crippen molar-refractivity contribution in [2.24, 2.45) is 0 Å². The summed E-state index contributed by atoms with van der Waals surface area (Å²) < 4.78 is 96.1. The first-order valence-electron chi connectivity index (χ1n) is 37.6. The number of alkyl halides is 3. The van der Waals surface area contributed by atoms with E-state index in [0.29, 0.717) is 34.8 Å². The molecule has 0 aliphatic carbocycles. The van der Waals surface area contributed by atoms with E-state index >= 15 is 0 Å². The molecule has 2 radical (unpaired) electrons. The minimum absolute atomic E-state index is 0. The molecule has 16 aromatic rings. The van der Waals surface area contributed by atoms with E-state index in [1.54, 1.807) is 36.7 Å². The Morgan fingerprint density at radius 3 is 1.10 bits per heavy atom. The van der Waals surface area contributed by atoms with E-state index in [2.05, 4.69) is 215 Å². The molecule has 119 heavy (non-hydrogen) atoms. The van der Waals surface area contributed by atoms with Gasteiger partial charge in [-0.05, 0) is 190 Å². The van der Waals surface area contributed by atoms with Crippen LogP contribution in [0.25, 0.3) is 123 Å². The number of furan rings is 2. The maximum Gasteiger partial charge on any atom is 0.522 e. The minimum Gasteiger partial charge on any atom is -0.486 e. The molecule has 9 aromatic heterocycles. The van der Waals surface area contributed by atoms with Crippen molar-refractivity contribution in [1.29, 1.82) is 0 Å². The van der Waals surface area contributed by atoms with E-state index < -0.39 is 15.6 Å². The van der Waals surface area contributed by atoms with E-state index in [4.69, 9.17) is 32.0 Å². The van der Waals surface area contributed by atoms with Crippen LogP contribution in [-0.4, -0.2) is 77.8 Å². The number of aromatic nitrogens is 7. The number of aryl methyl sites for hydroxylation is 8. The second kappa shape index (κ2) is 43.6. The quantitative estimate of drug-likeness (QED) is 0.0503. The molecule has 0 aliphatic heterocycles. The third-order valence-corrected chi connectivity index (χ3v) is 19.7. The number of benzene rings is 7. The average Bonchev–Trinajstić information content (AvgIpc) is 1.62. The fourth-order valence-electron chi connectivity index (χ4n) is 11.8. The van der Waals surface area contributed by atoms with Crippen LogP contribution < -0.4 is 0 Å². The number of nitrogens with zero attached hydrogens (tertiary/aromatic N) is 7. The van der Waals surface area contributed by atoms with Crippen molar-refractivity contribution in [1.82, 2.24) is 34.9 Å². The number of aliphatic hydroxyl groups is 2. The van der Waals surface area contributed by atoms with Crippen LogP contribution in [0.1, 0.15) is 121 Å². The molecular formula is C97H92F5Ir2N7O7S-4. The van der Waals surface area contributed by atoms with E-state index in [1.807, 2.05) is 111 Å². The molecule has 0 fully saturated rings. The average molecular weight is 1980 g/mol. The van der Waals surface area contributed by atoms with Crippen LogP contribution in [0.4, 0.5) is 22.0 Å². The van der Waals surface area contributed by atoms with Crippen LogP contribution in [-0.2, 0) is 50.3 Å². The molecule has 14 nitrogen and oxygen atoms in total. The zero-order valence-electron chi connectivity index (χ0n) is 68.7. The first kappa shape index (κ1) is 95.1. The summed E-state index contributed by atoms with van der Waals surface area (Å²) in [6.45, 7) is 29.6. The molecule has 0 unspecified atom stereocenters. The van der Waals surface area contributed by atoms with E-state index in [0.717, 1.165) is 131 Å². The third-order valence-electron chi connectivity index (χ3n) is 19.1. The molecule has 0 bridgehead atoms. The van der Waals surface area contributed by atoms with Gasteiger partial charge in [0.15, 0.2) is 0 Å². The maximum atomic E-state index is 13.2. The molecular weight excluding hydrogens is 1890 g/mol. The van der Waals surface area contributed by atoms with E-state index in [1.165, 1.54) is 74.3 Å². The van der Waals surface area contributed by atoms with Crippen molar-refractivity contribution in [3.63, 3.8) is 0 Å². The molecule has 22 heteroatoms. The second-order valence-corrected chi connectivity index (χ2v) is 29.8. The summed E-state index contributed by atoms with van der Waals surface area (Å²) in [5.41, 5.74) is 23.7. The Balaban J connectivity index is 0.000000201. The summed E-state index contributed by atoms with van der Waals surface area (Å²) in [5, 5.41) is 18.0. The first-order chi connectivity index (χ1) is 55.8. The van der Waals surface area contributed by atoms with Crippen molar-refractivity contribution in [3.05, 3.63) is 329 Å². The van der Waals surface area contributed by atoms with Gasteiger partial charge in [-0.15, -0.1) is 124 Å². The van der Waals surface area contributed by atoms with E-state index in [-0.39, 0.29) is 51.8 Å². The normalized spacial score (nSPS) is 10.8. The molecule has 620 valence electrons. The van der Waals surface area contributed by atoms with Gasteiger partial charge in [-0.25, -0.2) is 18.7 Å². The zero-order chi connectivity index (χ0) is 85.0. The Morgan fingerprint density at radius 1 is 0.387 bits per heavy atom. The summed E-state index contributed by atoms with van der Waals surface area (Å²) in [5.74, 6) is 1.15. The number of hydrogen-bond donors (Lipinski definition) is 3. The van der Waals surface area contributed by atoms with Crippen LogP contribution in [0.15, 0.2) is 240 Å². The van der Waals surface area contributed by atoms with Gasteiger partial charge in [0, 0.05) is 119 Å². The molecule has 16 rings (SSSR count). The summed E-state index contributed by atoms with van der Waals surface area (Å²) in [4.78, 5) is 31.4. The molecule has 0 aliphatic rings. The molecule has 9 heterocycles. The number of rotatable bonds is 10. The zero-order valence-corrected chi connectivity index (χ0v) is 74.3. The number of aliphatic hydroxyl groups excluding tert-OH is 2. The van der Waals surface area contributed by atoms with Crippen LogP contribution in [0.2, 0.25) is 0 Å². The van der Waals surface area contributed by atoms with Crippen LogP contribution in [0.5, 0.6) is 0 Å². The molecule has 0 spiro atoms. The van der Waals surface area contributed by atoms with Crippen LogP contribution in [0.3, 0.4) is 0 Å².